The maximum atomic E-state index is 5.01. The monoisotopic (exact) mass is 234 g/mol. The van der Waals surface area contributed by atoms with Crippen LogP contribution in [0.15, 0.2) is 18.6 Å². The van der Waals surface area contributed by atoms with E-state index in [0.29, 0.717) is 0 Å². The third kappa shape index (κ3) is 2.74. The van der Waals surface area contributed by atoms with E-state index in [-0.39, 0.29) is 0 Å². The molecule has 1 N–H and O–H groups in total. The first-order valence-electron chi connectivity index (χ1n) is 5.82. The van der Waals surface area contributed by atoms with Crippen molar-refractivity contribution in [3.63, 3.8) is 0 Å². The van der Waals surface area contributed by atoms with Crippen molar-refractivity contribution in [1.82, 2.24) is 14.5 Å². The predicted octanol–water partition coefficient (Wildman–Crippen LogP) is 1.81. The van der Waals surface area contributed by atoms with Crippen molar-refractivity contribution >= 4 is 16.9 Å². The normalized spacial score (nSPS) is 10.9. The highest BCUT2D eigenvalue weighted by Gasteiger charge is 2.05. The van der Waals surface area contributed by atoms with Crippen LogP contribution >= 0.6 is 0 Å². The summed E-state index contributed by atoms with van der Waals surface area (Å²) in [5.41, 5.74) is 2.03. The van der Waals surface area contributed by atoms with Crippen LogP contribution in [-0.2, 0) is 11.8 Å². The fraction of sp³-hybridized carbons (Fsp3) is 0.500. The lowest BCUT2D eigenvalue weighted by Gasteiger charge is -2.05. The van der Waals surface area contributed by atoms with E-state index in [1.807, 2.05) is 30.2 Å². The Kier molecular flexibility index (Phi) is 3.93. The number of fused-ring (bicyclic) bond motifs is 1. The average Bonchev–Trinajstić information content (AvgIpc) is 2.72. The van der Waals surface area contributed by atoms with Gasteiger partial charge in [0.05, 0.1) is 11.8 Å². The maximum absolute atomic E-state index is 5.01. The van der Waals surface area contributed by atoms with Gasteiger partial charge in [0, 0.05) is 33.5 Å². The molecule has 0 radical (unpaired) electrons. The van der Waals surface area contributed by atoms with E-state index in [1.54, 1.807) is 7.11 Å². The summed E-state index contributed by atoms with van der Waals surface area (Å²) in [7, 11) is 3.71. The van der Waals surface area contributed by atoms with Gasteiger partial charge in [0.1, 0.15) is 5.52 Å². The smallest absolute Gasteiger partial charge is 0.154 e. The Morgan fingerprint density at radius 3 is 3.06 bits per heavy atom. The maximum Gasteiger partial charge on any atom is 0.154 e. The zero-order valence-corrected chi connectivity index (χ0v) is 10.3. The van der Waals surface area contributed by atoms with Gasteiger partial charge < -0.3 is 14.6 Å². The third-order valence-electron chi connectivity index (χ3n) is 2.71. The molecule has 0 fully saturated rings. The van der Waals surface area contributed by atoms with Crippen LogP contribution < -0.4 is 5.32 Å². The van der Waals surface area contributed by atoms with Crippen LogP contribution in [0.2, 0.25) is 0 Å². The van der Waals surface area contributed by atoms with Gasteiger partial charge in [-0.05, 0) is 18.9 Å². The van der Waals surface area contributed by atoms with Crippen LogP contribution in [-0.4, -0.2) is 34.8 Å². The van der Waals surface area contributed by atoms with Crippen LogP contribution in [0.1, 0.15) is 12.8 Å². The van der Waals surface area contributed by atoms with E-state index in [2.05, 4.69) is 15.3 Å². The molecule has 0 bridgehead atoms. The lowest BCUT2D eigenvalue weighted by molar-refractivity contribution is 0.194. The Bertz CT molecular complexity index is 480. The standard InChI is InChI=1S/C12H18N4O/c1-16-9-15-11-10(16)5-7-14-12(11)13-6-3-4-8-17-2/h5,7,9H,3-4,6,8H2,1-2H3,(H,13,14). The molecule has 0 saturated carbocycles. The molecule has 0 aromatic carbocycles. The minimum absolute atomic E-state index is 0.808. The van der Waals surface area contributed by atoms with Gasteiger partial charge in [-0.1, -0.05) is 0 Å². The van der Waals surface area contributed by atoms with E-state index < -0.39 is 0 Å². The number of hydrogen-bond acceptors (Lipinski definition) is 4. The van der Waals surface area contributed by atoms with Gasteiger partial charge in [-0.15, -0.1) is 0 Å². The molecule has 0 spiro atoms. The fourth-order valence-corrected chi connectivity index (χ4v) is 1.77. The summed E-state index contributed by atoms with van der Waals surface area (Å²) in [6.45, 7) is 1.70. The first-order chi connectivity index (χ1) is 8.33. The summed E-state index contributed by atoms with van der Waals surface area (Å²) >= 11 is 0. The van der Waals surface area contributed by atoms with Crippen LogP contribution in [0.3, 0.4) is 0 Å². The first kappa shape index (κ1) is 11.9. The number of unbranched alkanes of at least 4 members (excludes halogenated alkanes) is 1. The molecule has 5 heteroatoms. The van der Waals surface area contributed by atoms with Gasteiger partial charge in [-0.2, -0.15) is 0 Å². The van der Waals surface area contributed by atoms with Crippen molar-refractivity contribution < 1.29 is 4.74 Å². The summed E-state index contributed by atoms with van der Waals surface area (Å²) < 4.78 is 7.00. The van der Waals surface area contributed by atoms with Crippen LogP contribution in [0.4, 0.5) is 5.82 Å². The SMILES string of the molecule is COCCCCNc1nccc2c1ncn2C. The molecule has 0 unspecified atom stereocenters. The Labute approximate surface area is 101 Å². The summed E-state index contributed by atoms with van der Waals surface area (Å²) in [5, 5.41) is 3.32. The molecule has 2 aromatic rings. The quantitative estimate of drug-likeness (QED) is 0.774. The van der Waals surface area contributed by atoms with E-state index in [9.17, 15) is 0 Å². The Morgan fingerprint density at radius 2 is 2.24 bits per heavy atom. The largest absolute Gasteiger partial charge is 0.385 e. The molecule has 2 rings (SSSR count). The summed E-state index contributed by atoms with van der Waals surface area (Å²) in [4.78, 5) is 8.67. The van der Waals surface area contributed by atoms with E-state index in [1.165, 1.54) is 0 Å². The van der Waals surface area contributed by atoms with E-state index in [0.717, 1.165) is 42.8 Å². The molecule has 0 aliphatic rings. The van der Waals surface area contributed by atoms with Crippen LogP contribution in [0.25, 0.3) is 11.0 Å². The zero-order chi connectivity index (χ0) is 12.1. The highest BCUT2D eigenvalue weighted by atomic mass is 16.5. The second kappa shape index (κ2) is 5.63. The topological polar surface area (TPSA) is 52.0 Å². The second-order valence-corrected chi connectivity index (χ2v) is 4.01. The number of ether oxygens (including phenoxy) is 1. The van der Waals surface area contributed by atoms with Crippen LogP contribution in [0, 0.1) is 0 Å². The number of rotatable bonds is 6. The number of hydrogen-bond donors (Lipinski definition) is 1. The molecule has 2 aromatic heterocycles. The lowest BCUT2D eigenvalue weighted by Crippen LogP contribution is -2.05. The summed E-state index contributed by atoms with van der Waals surface area (Å²) in [6.07, 6.45) is 5.74. The van der Waals surface area contributed by atoms with Crippen molar-refractivity contribution in [2.45, 2.75) is 12.8 Å². The molecule has 92 valence electrons. The van der Waals surface area contributed by atoms with Gasteiger partial charge in [-0.25, -0.2) is 9.97 Å². The van der Waals surface area contributed by atoms with Gasteiger partial charge in [0.15, 0.2) is 5.82 Å². The van der Waals surface area contributed by atoms with Crippen molar-refractivity contribution in [2.75, 3.05) is 25.6 Å². The highest BCUT2D eigenvalue weighted by Crippen LogP contribution is 2.18. The van der Waals surface area contributed by atoms with Gasteiger partial charge >= 0.3 is 0 Å². The minimum Gasteiger partial charge on any atom is -0.385 e. The third-order valence-corrected chi connectivity index (χ3v) is 2.71. The van der Waals surface area contributed by atoms with E-state index in [4.69, 9.17) is 4.74 Å². The molecule has 0 atom stereocenters. The number of aromatic nitrogens is 3. The molecular formula is C12H18N4O. The number of anilines is 1. The van der Waals surface area contributed by atoms with Gasteiger partial charge in [0.25, 0.3) is 0 Å². The summed E-state index contributed by atoms with van der Waals surface area (Å²) in [6, 6.07) is 1.97. The number of imidazole rings is 1. The predicted molar refractivity (Wildman–Crippen MR) is 68.1 cm³/mol. The summed E-state index contributed by atoms with van der Waals surface area (Å²) in [5.74, 6) is 0.862. The zero-order valence-electron chi connectivity index (χ0n) is 10.3. The number of aryl methyl sites for hydroxylation is 1. The molecule has 17 heavy (non-hydrogen) atoms. The Hall–Kier alpha value is -1.62. The van der Waals surface area contributed by atoms with E-state index >= 15 is 0 Å². The average molecular weight is 234 g/mol. The van der Waals surface area contributed by atoms with Gasteiger partial charge in [-0.3, -0.25) is 0 Å². The number of nitrogens with zero attached hydrogens (tertiary/aromatic N) is 3. The Balaban J connectivity index is 1.99. The fourth-order valence-electron chi connectivity index (χ4n) is 1.77. The van der Waals surface area contributed by atoms with Crippen LogP contribution in [0.5, 0.6) is 0 Å². The molecule has 0 aliphatic carbocycles. The van der Waals surface area contributed by atoms with Crippen molar-refractivity contribution in [1.29, 1.82) is 0 Å². The molecular weight excluding hydrogens is 216 g/mol. The lowest BCUT2D eigenvalue weighted by atomic mass is 10.3. The second-order valence-electron chi connectivity index (χ2n) is 4.01. The number of methoxy groups -OCH3 is 1. The highest BCUT2D eigenvalue weighted by molar-refractivity contribution is 5.85. The molecule has 5 nitrogen and oxygen atoms in total. The molecule has 0 amide bonds. The first-order valence-corrected chi connectivity index (χ1v) is 5.82. The Morgan fingerprint density at radius 1 is 1.35 bits per heavy atom. The number of pyridine rings is 1. The molecule has 2 heterocycles. The minimum atomic E-state index is 0.808. The van der Waals surface area contributed by atoms with Gasteiger partial charge in [0.2, 0.25) is 0 Å². The molecule has 0 saturated heterocycles. The van der Waals surface area contributed by atoms with Crippen molar-refractivity contribution in [3.05, 3.63) is 18.6 Å². The number of nitrogens with one attached hydrogen (secondary N) is 1. The van der Waals surface area contributed by atoms with Crippen molar-refractivity contribution in [2.24, 2.45) is 7.05 Å². The van der Waals surface area contributed by atoms with Crippen molar-refractivity contribution in [3.8, 4) is 0 Å². The molecule has 0 aliphatic heterocycles.